The first-order chi connectivity index (χ1) is 63.1. The first kappa shape index (κ1) is 78.6. The highest BCUT2D eigenvalue weighted by molar-refractivity contribution is 6.25. The smallest absolute Gasteiger partial charge is 0.293 e. The highest BCUT2D eigenvalue weighted by Gasteiger charge is 2.31. The molecular formula is C114H89N10O5+5. The Morgan fingerprint density at radius 1 is 0.264 bits per heavy atom. The zero-order valence-corrected chi connectivity index (χ0v) is 73.3. The second kappa shape index (κ2) is 31.7. The molecule has 15 nitrogen and oxygen atoms in total. The minimum Gasteiger partial charge on any atom is -0.455 e. The third-order valence-corrected chi connectivity index (χ3v) is 25.8. The van der Waals surface area contributed by atoms with Gasteiger partial charge in [0.1, 0.15) is 67.2 Å². The van der Waals surface area contributed by atoms with E-state index >= 15 is 0 Å². The lowest BCUT2D eigenvalue weighted by molar-refractivity contribution is -0.660. The Bertz CT molecular complexity index is 8230. The predicted octanol–water partition coefficient (Wildman–Crippen LogP) is 25.8. The van der Waals surface area contributed by atoms with E-state index < -0.39 is 0 Å². The average Bonchev–Trinajstić information content (AvgIpc) is 1.57. The van der Waals surface area contributed by atoms with Crippen LogP contribution in [0.1, 0.15) is 27.9 Å². The van der Waals surface area contributed by atoms with Crippen molar-refractivity contribution >= 4 is 175 Å². The molecule has 26 aromatic rings. The van der Waals surface area contributed by atoms with Gasteiger partial charge in [-0.05, 0) is 155 Å². The Kier molecular flexibility index (Phi) is 19.3. The Morgan fingerprint density at radius 2 is 0.667 bits per heavy atom. The van der Waals surface area contributed by atoms with Crippen LogP contribution >= 0.6 is 0 Å². The van der Waals surface area contributed by atoms with E-state index in [9.17, 15) is 0 Å². The maximum Gasteiger partial charge on any atom is 0.293 e. The number of benzene rings is 12. The predicted molar refractivity (Wildman–Crippen MR) is 521 cm³/mol. The lowest BCUT2D eigenvalue weighted by Crippen LogP contribution is -2.30. The molecule has 14 aromatic heterocycles. The van der Waals surface area contributed by atoms with Crippen LogP contribution in [0.4, 0.5) is 0 Å². The van der Waals surface area contributed by atoms with Crippen molar-refractivity contribution in [3.05, 3.63) is 369 Å². The van der Waals surface area contributed by atoms with Gasteiger partial charge in [0.05, 0.1) is 59.0 Å². The van der Waals surface area contributed by atoms with Crippen LogP contribution in [-0.2, 0) is 42.3 Å². The molecule has 0 spiro atoms. The Hall–Kier alpha value is -16.4. The minimum absolute atomic E-state index is 0.694. The fraction of sp³-hybridized carbons (Fsp3) is 0.0965. The van der Waals surface area contributed by atoms with E-state index in [-0.39, 0.29) is 0 Å². The Morgan fingerprint density at radius 3 is 1.22 bits per heavy atom. The zero-order valence-electron chi connectivity index (χ0n) is 73.3. The topological polar surface area (TPSA) is 142 Å². The summed E-state index contributed by atoms with van der Waals surface area (Å²) in [6.07, 6.45) is 15.8. The molecule has 0 atom stereocenters. The van der Waals surface area contributed by atoms with E-state index in [1.807, 2.05) is 99.6 Å². The van der Waals surface area contributed by atoms with Gasteiger partial charge >= 0.3 is 0 Å². The van der Waals surface area contributed by atoms with Crippen molar-refractivity contribution in [1.29, 1.82) is 0 Å². The normalized spacial score (nSPS) is 11.7. The number of furan rings is 5. The van der Waals surface area contributed by atoms with E-state index in [4.69, 9.17) is 27.1 Å². The summed E-state index contributed by atoms with van der Waals surface area (Å²) >= 11 is 0. The summed E-state index contributed by atoms with van der Waals surface area (Å²) in [5.41, 5.74) is 28.9. The highest BCUT2D eigenvalue weighted by Crippen LogP contribution is 2.46. The van der Waals surface area contributed by atoms with Crippen molar-refractivity contribution < 1.29 is 44.9 Å². The maximum absolute atomic E-state index is 6.51. The molecule has 15 heteroatoms. The number of hydrogen-bond donors (Lipinski definition) is 0. The molecule has 0 unspecified atom stereocenters. The molecule has 0 saturated carbocycles. The Labute approximate surface area is 741 Å². The second-order valence-corrected chi connectivity index (χ2v) is 33.6. The van der Waals surface area contributed by atoms with Crippen LogP contribution in [0.15, 0.2) is 363 Å². The summed E-state index contributed by atoms with van der Waals surface area (Å²) < 4.78 is 44.7. The molecule has 620 valence electrons. The van der Waals surface area contributed by atoms with Crippen molar-refractivity contribution in [1.82, 2.24) is 24.5 Å². The molecule has 0 saturated heterocycles. The number of para-hydroxylation sites is 3. The monoisotopic (exact) mass is 1680 g/mol. The highest BCUT2D eigenvalue weighted by atomic mass is 16.3. The lowest BCUT2D eigenvalue weighted by Gasteiger charge is -2.05. The van der Waals surface area contributed by atoms with Crippen LogP contribution < -0.4 is 22.8 Å². The molecule has 0 aliphatic rings. The van der Waals surface area contributed by atoms with Gasteiger partial charge in [-0.15, -0.1) is 0 Å². The van der Waals surface area contributed by atoms with Crippen LogP contribution in [-0.4, -0.2) is 24.5 Å². The van der Waals surface area contributed by atoms with E-state index in [1.54, 1.807) is 0 Å². The molecule has 0 aliphatic heterocycles. The summed E-state index contributed by atoms with van der Waals surface area (Å²) in [4.78, 5) is 18.5. The molecule has 0 N–H and O–H groups in total. The van der Waals surface area contributed by atoms with Crippen molar-refractivity contribution in [3.63, 3.8) is 0 Å². The Balaban J connectivity index is 0.0000000949. The molecule has 26 rings (SSSR count). The van der Waals surface area contributed by atoms with Crippen LogP contribution in [0.5, 0.6) is 0 Å². The number of fused-ring (bicyclic) bond motifs is 26. The maximum atomic E-state index is 6.51. The molecule has 129 heavy (non-hydrogen) atoms. The third kappa shape index (κ3) is 13.1. The fourth-order valence-corrected chi connectivity index (χ4v) is 19.5. The van der Waals surface area contributed by atoms with E-state index in [2.05, 4.69) is 360 Å². The van der Waals surface area contributed by atoms with Crippen molar-refractivity contribution in [2.75, 3.05) is 0 Å². The van der Waals surface area contributed by atoms with Gasteiger partial charge in [0, 0.05) is 116 Å². The van der Waals surface area contributed by atoms with Gasteiger partial charge in [-0.3, -0.25) is 15.0 Å². The number of aryl methyl sites for hydroxylation is 11. The molecule has 0 amide bonds. The van der Waals surface area contributed by atoms with Crippen LogP contribution in [0, 0.1) is 34.6 Å². The summed E-state index contributed by atoms with van der Waals surface area (Å²) in [6.45, 7) is 10.5. The van der Waals surface area contributed by atoms with Gasteiger partial charge in [-0.25, -0.2) is 32.4 Å². The molecule has 0 radical (unpaired) electrons. The molecule has 12 aromatic carbocycles. The first-order valence-corrected chi connectivity index (χ1v) is 43.5. The van der Waals surface area contributed by atoms with E-state index in [1.165, 1.54) is 76.2 Å². The average molecular weight is 1680 g/mol. The van der Waals surface area contributed by atoms with Gasteiger partial charge < -0.3 is 22.1 Å². The van der Waals surface area contributed by atoms with Gasteiger partial charge in [-0.1, -0.05) is 182 Å². The second-order valence-electron chi connectivity index (χ2n) is 33.6. The fourth-order valence-electron chi connectivity index (χ4n) is 19.5. The standard InChI is InChI=1S/C26H21N2O.4C22H17N2O/c1-16-12-14-19-24-18-9-5-4-8-17(18)13-15-22(24)29-25(19)23(16)26-27(2)20-10-6-7-11-21(20)28(26)3;1-14-20(18-9-5-6-12-24(18)2)22-17(13-23-14)21-16-8-4-3-7-15(16)10-11-19(21)25-22;1-14-13-23-21-20-16-8-4-3-7-15(16)10-11-18(20)25-22(21)19(14)17-9-5-6-12-24(17)2;1-14-10-11-16-21-15-7-3-4-8-17(15)23-13-19(21)25-22(16)20(14)18-9-5-6-12-24(18)2;1-14-10-11-17-20-16-8-4-3-7-15(16)13-23-22(20)25-21(17)19(14)18-9-5-6-12-24(18)2/h4-15H,1-3H3;4*3-13H,1-2H3/q5*+1. The molecule has 14 heterocycles. The number of aromatic nitrogens is 10. The van der Waals surface area contributed by atoms with Crippen LogP contribution in [0.25, 0.3) is 231 Å². The largest absolute Gasteiger partial charge is 0.455 e. The zero-order chi connectivity index (χ0) is 87.6. The van der Waals surface area contributed by atoms with Crippen LogP contribution in [0.2, 0.25) is 0 Å². The lowest BCUT2D eigenvalue weighted by atomic mass is 9.99. The van der Waals surface area contributed by atoms with Crippen molar-refractivity contribution in [2.45, 2.75) is 34.6 Å². The number of pyridine rings is 8. The summed E-state index contributed by atoms with van der Waals surface area (Å²) in [6, 6.07) is 101. The quantitative estimate of drug-likeness (QED) is 0.154. The van der Waals surface area contributed by atoms with Crippen molar-refractivity contribution in [2.24, 2.45) is 42.3 Å². The molecule has 0 bridgehead atoms. The minimum atomic E-state index is 0.694. The van der Waals surface area contributed by atoms with Crippen LogP contribution in [0.3, 0.4) is 0 Å². The summed E-state index contributed by atoms with van der Waals surface area (Å²) in [5, 5.41) is 20.8. The number of hydrogen-bond acceptors (Lipinski definition) is 9. The molecule has 0 aliphatic carbocycles. The van der Waals surface area contributed by atoms with E-state index in [0.717, 1.165) is 177 Å². The number of nitrogens with zero attached hydrogens (tertiary/aromatic N) is 10. The van der Waals surface area contributed by atoms with Gasteiger partial charge in [0.25, 0.3) is 5.82 Å². The summed E-state index contributed by atoms with van der Waals surface area (Å²) in [7, 11) is 12.5. The first-order valence-electron chi connectivity index (χ1n) is 43.5. The number of imidazole rings is 1. The third-order valence-electron chi connectivity index (χ3n) is 25.8. The van der Waals surface area contributed by atoms with E-state index in [0.29, 0.717) is 5.71 Å². The molecular weight excluding hydrogens is 1590 g/mol. The SMILES string of the molecule is Cc1ccc2c(oc3ccc4ccccc4c32)c1-c1n(C)c2ccccc2[n+]1C.Cc1ccc2c(oc3cnc4ccccc4c32)c1-c1cccc[n+]1C.Cc1ccc2c(oc3ncc4ccccc4c32)c1-c1cccc[n+]1C.Cc1cnc2c(oc3ccc4ccccc4c32)c1-c1cccc[n+]1C.Cc1ncc2c(oc3ccc4ccccc4c32)c1-c1cccc[n+]1C. The van der Waals surface area contributed by atoms with Gasteiger partial charge in [0.2, 0.25) is 28.5 Å². The van der Waals surface area contributed by atoms with Gasteiger partial charge in [0.15, 0.2) is 63.7 Å². The number of rotatable bonds is 5. The summed E-state index contributed by atoms with van der Waals surface area (Å²) in [5.74, 6) is 1.15. The van der Waals surface area contributed by atoms with Gasteiger partial charge in [-0.2, -0.15) is 0 Å². The molecule has 0 fully saturated rings. The van der Waals surface area contributed by atoms with Crippen molar-refractivity contribution in [3.8, 4) is 56.4 Å².